The molecular weight excluding hydrogens is 310 g/mol. The molecule has 132 valence electrons. The number of carbonyl (C=O) groups is 1. The summed E-state index contributed by atoms with van der Waals surface area (Å²) in [6.45, 7) is 8.32. The summed E-state index contributed by atoms with van der Waals surface area (Å²) in [6, 6.07) is 16.7. The second-order valence-corrected chi connectivity index (χ2v) is 6.63. The lowest BCUT2D eigenvalue weighted by atomic mass is 10.1. The molecule has 4 heteroatoms. The number of benzene rings is 2. The highest BCUT2D eigenvalue weighted by atomic mass is 16.2. The molecule has 0 saturated carbocycles. The van der Waals surface area contributed by atoms with Crippen LogP contribution in [0.2, 0.25) is 0 Å². The van der Waals surface area contributed by atoms with Crippen LogP contribution in [-0.2, 0) is 4.79 Å². The molecule has 25 heavy (non-hydrogen) atoms. The van der Waals surface area contributed by atoms with E-state index < -0.39 is 0 Å². The molecule has 0 spiro atoms. The Morgan fingerprint density at radius 3 is 2.40 bits per heavy atom. The molecule has 2 aromatic rings. The average molecular weight is 337 g/mol. The quantitative estimate of drug-likeness (QED) is 0.908. The monoisotopic (exact) mass is 337 g/mol. The molecule has 1 saturated heterocycles. The summed E-state index contributed by atoms with van der Waals surface area (Å²) in [4.78, 5) is 16.8. The lowest BCUT2D eigenvalue weighted by molar-refractivity contribution is -0.131. The van der Waals surface area contributed by atoms with Gasteiger partial charge in [0.15, 0.2) is 0 Å². The molecule has 0 unspecified atom stereocenters. The van der Waals surface area contributed by atoms with Crippen molar-refractivity contribution in [3.05, 3.63) is 59.7 Å². The number of hydrogen-bond donors (Lipinski definition) is 1. The zero-order valence-electron chi connectivity index (χ0n) is 15.2. The van der Waals surface area contributed by atoms with Gasteiger partial charge in [-0.3, -0.25) is 4.79 Å². The molecule has 1 aliphatic heterocycles. The second kappa shape index (κ2) is 8.06. The standard InChI is InChI=1S/C21H27N3O/c1-17-7-6-10-20(18(17)2)22-12-11-21(25)24-15-13-23(14-16-24)19-8-4-3-5-9-19/h3-10,22H,11-16H2,1-2H3. The summed E-state index contributed by atoms with van der Waals surface area (Å²) in [5.41, 5.74) is 4.90. The Bertz CT molecular complexity index is 706. The van der Waals surface area contributed by atoms with Crippen molar-refractivity contribution in [1.29, 1.82) is 0 Å². The van der Waals surface area contributed by atoms with Crippen LogP contribution >= 0.6 is 0 Å². The van der Waals surface area contributed by atoms with Crippen molar-refractivity contribution in [3.8, 4) is 0 Å². The number of aryl methyl sites for hydroxylation is 1. The average Bonchev–Trinajstić information content (AvgIpc) is 2.66. The van der Waals surface area contributed by atoms with Gasteiger partial charge in [-0.25, -0.2) is 0 Å². The molecule has 2 aromatic carbocycles. The van der Waals surface area contributed by atoms with E-state index in [-0.39, 0.29) is 5.91 Å². The summed E-state index contributed by atoms with van der Waals surface area (Å²) >= 11 is 0. The highest BCUT2D eigenvalue weighted by Gasteiger charge is 2.20. The molecule has 0 radical (unpaired) electrons. The summed E-state index contributed by atoms with van der Waals surface area (Å²) < 4.78 is 0. The Hall–Kier alpha value is -2.49. The van der Waals surface area contributed by atoms with E-state index in [9.17, 15) is 4.79 Å². The van der Waals surface area contributed by atoms with Crippen molar-refractivity contribution in [2.24, 2.45) is 0 Å². The molecule has 0 aromatic heterocycles. The van der Waals surface area contributed by atoms with Crippen LogP contribution in [0.5, 0.6) is 0 Å². The van der Waals surface area contributed by atoms with Crippen molar-refractivity contribution in [2.45, 2.75) is 20.3 Å². The molecule has 0 bridgehead atoms. The number of nitrogens with zero attached hydrogens (tertiary/aromatic N) is 2. The number of para-hydroxylation sites is 1. The van der Waals surface area contributed by atoms with Crippen LogP contribution < -0.4 is 10.2 Å². The van der Waals surface area contributed by atoms with Crippen molar-refractivity contribution in [1.82, 2.24) is 4.90 Å². The number of piperazine rings is 1. The lowest BCUT2D eigenvalue weighted by Gasteiger charge is -2.36. The maximum absolute atomic E-state index is 12.5. The molecule has 3 rings (SSSR count). The third-order valence-corrected chi connectivity index (χ3v) is 5.01. The molecule has 1 N–H and O–H groups in total. The van der Waals surface area contributed by atoms with E-state index in [0.29, 0.717) is 13.0 Å². The predicted octanol–water partition coefficient (Wildman–Crippen LogP) is 3.45. The zero-order chi connectivity index (χ0) is 17.6. The molecular formula is C21H27N3O. The molecule has 0 aliphatic carbocycles. The van der Waals surface area contributed by atoms with E-state index in [1.807, 2.05) is 11.0 Å². The number of rotatable bonds is 5. The van der Waals surface area contributed by atoms with E-state index in [2.05, 4.69) is 66.5 Å². The van der Waals surface area contributed by atoms with Crippen LogP contribution in [0.3, 0.4) is 0 Å². The van der Waals surface area contributed by atoms with E-state index >= 15 is 0 Å². The van der Waals surface area contributed by atoms with Gasteiger partial charge in [0, 0.05) is 50.5 Å². The third kappa shape index (κ3) is 4.32. The number of carbonyl (C=O) groups excluding carboxylic acids is 1. The summed E-state index contributed by atoms with van der Waals surface area (Å²) in [5, 5.41) is 3.40. The van der Waals surface area contributed by atoms with Crippen LogP contribution in [-0.4, -0.2) is 43.5 Å². The highest BCUT2D eigenvalue weighted by Crippen LogP contribution is 2.18. The van der Waals surface area contributed by atoms with Gasteiger partial charge in [0.05, 0.1) is 0 Å². The third-order valence-electron chi connectivity index (χ3n) is 5.01. The van der Waals surface area contributed by atoms with Crippen molar-refractivity contribution < 1.29 is 4.79 Å². The maximum Gasteiger partial charge on any atom is 0.224 e. The fourth-order valence-corrected chi connectivity index (χ4v) is 3.26. The van der Waals surface area contributed by atoms with E-state index in [1.165, 1.54) is 16.8 Å². The minimum Gasteiger partial charge on any atom is -0.384 e. The SMILES string of the molecule is Cc1cccc(NCCC(=O)N2CCN(c3ccccc3)CC2)c1C. The molecule has 0 atom stereocenters. The molecule has 1 heterocycles. The summed E-state index contributed by atoms with van der Waals surface area (Å²) in [6.07, 6.45) is 0.540. The van der Waals surface area contributed by atoms with Gasteiger partial charge in [0.25, 0.3) is 0 Å². The second-order valence-electron chi connectivity index (χ2n) is 6.63. The minimum absolute atomic E-state index is 0.241. The normalized spacial score (nSPS) is 14.5. The van der Waals surface area contributed by atoms with E-state index in [1.54, 1.807) is 0 Å². The number of anilines is 2. The Balaban J connectivity index is 1.44. The van der Waals surface area contributed by atoms with Crippen LogP contribution in [0, 0.1) is 13.8 Å². The first kappa shape index (κ1) is 17.3. The van der Waals surface area contributed by atoms with Gasteiger partial charge < -0.3 is 15.1 Å². The minimum atomic E-state index is 0.241. The van der Waals surface area contributed by atoms with E-state index in [0.717, 1.165) is 31.9 Å². The lowest BCUT2D eigenvalue weighted by Crippen LogP contribution is -2.49. The van der Waals surface area contributed by atoms with Gasteiger partial charge in [-0.05, 0) is 43.2 Å². The number of amides is 1. The molecule has 1 amide bonds. The largest absolute Gasteiger partial charge is 0.384 e. The van der Waals surface area contributed by atoms with Gasteiger partial charge >= 0.3 is 0 Å². The topological polar surface area (TPSA) is 35.6 Å². The van der Waals surface area contributed by atoms with E-state index in [4.69, 9.17) is 0 Å². The summed E-state index contributed by atoms with van der Waals surface area (Å²) in [7, 11) is 0. The van der Waals surface area contributed by atoms with Crippen LogP contribution in [0.25, 0.3) is 0 Å². The van der Waals surface area contributed by atoms with Gasteiger partial charge in [-0.15, -0.1) is 0 Å². The maximum atomic E-state index is 12.5. The van der Waals surface area contributed by atoms with Gasteiger partial charge in [0.1, 0.15) is 0 Å². The van der Waals surface area contributed by atoms with Gasteiger partial charge in [0.2, 0.25) is 5.91 Å². The Morgan fingerprint density at radius 2 is 1.68 bits per heavy atom. The van der Waals surface area contributed by atoms with Gasteiger partial charge in [-0.2, -0.15) is 0 Å². The zero-order valence-corrected chi connectivity index (χ0v) is 15.2. The van der Waals surface area contributed by atoms with Crippen LogP contribution in [0.4, 0.5) is 11.4 Å². The molecule has 4 nitrogen and oxygen atoms in total. The first-order valence-corrected chi connectivity index (χ1v) is 9.03. The predicted molar refractivity (Wildman–Crippen MR) is 104 cm³/mol. The Morgan fingerprint density at radius 1 is 0.960 bits per heavy atom. The Labute approximate surface area is 150 Å². The highest BCUT2D eigenvalue weighted by molar-refractivity contribution is 5.77. The van der Waals surface area contributed by atoms with Crippen molar-refractivity contribution >= 4 is 17.3 Å². The van der Waals surface area contributed by atoms with Crippen molar-refractivity contribution in [3.63, 3.8) is 0 Å². The summed E-state index contributed by atoms with van der Waals surface area (Å²) in [5.74, 6) is 0.241. The Kier molecular flexibility index (Phi) is 5.59. The smallest absolute Gasteiger partial charge is 0.224 e. The first-order chi connectivity index (χ1) is 12.1. The van der Waals surface area contributed by atoms with Crippen molar-refractivity contribution in [2.75, 3.05) is 42.9 Å². The fraction of sp³-hybridized carbons (Fsp3) is 0.381. The number of nitrogens with one attached hydrogen (secondary N) is 1. The van der Waals surface area contributed by atoms with Crippen LogP contribution in [0.1, 0.15) is 17.5 Å². The van der Waals surface area contributed by atoms with Crippen LogP contribution in [0.15, 0.2) is 48.5 Å². The number of hydrogen-bond acceptors (Lipinski definition) is 3. The first-order valence-electron chi connectivity index (χ1n) is 9.03. The molecule has 1 aliphatic rings. The van der Waals surface area contributed by atoms with Gasteiger partial charge in [-0.1, -0.05) is 30.3 Å². The molecule has 1 fully saturated rings. The fourth-order valence-electron chi connectivity index (χ4n) is 3.26.